The van der Waals surface area contributed by atoms with Crippen LogP contribution in [0.5, 0.6) is 5.75 Å². The molecule has 0 aliphatic carbocycles. The number of para-hydroxylation sites is 1. The number of rotatable bonds is 7. The van der Waals surface area contributed by atoms with Gasteiger partial charge in [-0.05, 0) is 32.4 Å². The zero-order valence-corrected chi connectivity index (χ0v) is 18.4. The minimum atomic E-state index is -0.956. The van der Waals surface area contributed by atoms with Crippen molar-refractivity contribution in [3.05, 3.63) is 98.5 Å². The van der Waals surface area contributed by atoms with Gasteiger partial charge in [0.1, 0.15) is 23.7 Å². The zero-order chi connectivity index (χ0) is 22.5. The summed E-state index contributed by atoms with van der Waals surface area (Å²) in [6.45, 7) is 5.20. The van der Waals surface area contributed by atoms with E-state index in [1.807, 2.05) is 30.3 Å². The highest BCUT2D eigenvalue weighted by molar-refractivity contribution is 7.80. The summed E-state index contributed by atoms with van der Waals surface area (Å²) >= 11 is 4.12. The first-order chi connectivity index (χ1) is 14.8. The molecule has 2 aromatic carbocycles. The molecule has 1 N–H and O–H groups in total. The first-order valence-electron chi connectivity index (χ1n) is 9.77. The molecule has 3 rings (SSSR count). The number of hydrogen-bond acceptors (Lipinski definition) is 7. The number of esters is 1. The molecule has 1 aliphatic rings. The fraction of sp³-hybridized carbons (Fsp3) is 0.261. The summed E-state index contributed by atoms with van der Waals surface area (Å²) in [5.41, 5.74) is 1.70. The monoisotopic (exact) mass is 440 g/mol. The molecule has 0 saturated heterocycles. The molecule has 2 unspecified atom stereocenters. The number of nitrogens with zero attached hydrogens (tertiary/aromatic N) is 1. The maximum absolute atomic E-state index is 12.9. The van der Waals surface area contributed by atoms with Gasteiger partial charge in [-0.2, -0.15) is 0 Å². The van der Waals surface area contributed by atoms with Crippen molar-refractivity contribution in [2.45, 2.75) is 38.7 Å². The first-order valence-corrected chi connectivity index (χ1v) is 10.3. The van der Waals surface area contributed by atoms with Gasteiger partial charge in [0, 0.05) is 11.3 Å². The molecule has 0 amide bonds. The van der Waals surface area contributed by atoms with E-state index in [1.54, 1.807) is 45.0 Å². The second-order valence-electron chi connectivity index (χ2n) is 7.18. The third-order valence-electron chi connectivity index (χ3n) is 4.89. The van der Waals surface area contributed by atoms with Gasteiger partial charge in [0.05, 0.1) is 16.2 Å². The van der Waals surface area contributed by atoms with Crippen LogP contribution in [-0.2, 0) is 16.1 Å². The molecule has 31 heavy (non-hydrogen) atoms. The van der Waals surface area contributed by atoms with E-state index in [9.17, 15) is 14.9 Å². The number of ether oxygens (including phenoxy) is 2. The van der Waals surface area contributed by atoms with Crippen LogP contribution in [0.2, 0.25) is 0 Å². The summed E-state index contributed by atoms with van der Waals surface area (Å²) in [5, 5.41) is 15.0. The summed E-state index contributed by atoms with van der Waals surface area (Å²) in [7, 11) is 0. The van der Waals surface area contributed by atoms with Crippen molar-refractivity contribution in [2.24, 2.45) is 0 Å². The van der Waals surface area contributed by atoms with Crippen molar-refractivity contribution in [1.82, 2.24) is 5.32 Å². The molecular weight excluding hydrogens is 416 g/mol. The lowest BCUT2D eigenvalue weighted by atomic mass is 9.83. The molecule has 2 atom stereocenters. The Hall–Kier alpha value is -3.26. The predicted molar refractivity (Wildman–Crippen MR) is 120 cm³/mol. The number of allylic oxidation sites excluding steroid dienone is 3. The van der Waals surface area contributed by atoms with Gasteiger partial charge in [0.15, 0.2) is 0 Å². The molecule has 0 aromatic heterocycles. The minimum Gasteiger partial charge on any atom is -0.489 e. The van der Waals surface area contributed by atoms with Gasteiger partial charge in [0.25, 0.3) is 5.70 Å². The van der Waals surface area contributed by atoms with Gasteiger partial charge in [0.2, 0.25) is 0 Å². The Labute approximate surface area is 186 Å². The van der Waals surface area contributed by atoms with Gasteiger partial charge in [-0.3, -0.25) is 10.1 Å². The molecule has 162 valence electrons. The van der Waals surface area contributed by atoms with E-state index in [2.05, 4.69) is 17.9 Å². The highest BCUT2D eigenvalue weighted by Gasteiger charge is 2.42. The second-order valence-corrected chi connectivity index (χ2v) is 7.91. The SMILES string of the molecule is CC1=C(C(=O)OC(C)S)C(c2ccccc2OCc2ccccc2)C([N+](=O)[O-])=C(C)N1. The van der Waals surface area contributed by atoms with Crippen LogP contribution in [0.3, 0.4) is 0 Å². The normalized spacial score (nSPS) is 17.1. The summed E-state index contributed by atoms with van der Waals surface area (Å²) in [6, 6.07) is 16.6. The van der Waals surface area contributed by atoms with Crippen LogP contribution in [0, 0.1) is 10.1 Å². The van der Waals surface area contributed by atoms with Crippen molar-refractivity contribution >= 4 is 18.6 Å². The third kappa shape index (κ3) is 5.08. The molecular formula is C23H24N2O5S. The maximum Gasteiger partial charge on any atom is 0.338 e. The average Bonchev–Trinajstić information content (AvgIpc) is 2.71. The Morgan fingerprint density at radius 2 is 1.77 bits per heavy atom. The summed E-state index contributed by atoms with van der Waals surface area (Å²) in [6.07, 6.45) is 0. The molecule has 1 heterocycles. The van der Waals surface area contributed by atoms with Crippen LogP contribution in [0.15, 0.2) is 77.3 Å². The Balaban J connectivity index is 2.08. The zero-order valence-electron chi connectivity index (χ0n) is 17.5. The fourth-order valence-electron chi connectivity index (χ4n) is 3.60. The van der Waals surface area contributed by atoms with E-state index in [1.165, 1.54) is 0 Å². The van der Waals surface area contributed by atoms with Crippen LogP contribution in [0.1, 0.15) is 37.8 Å². The quantitative estimate of drug-likeness (QED) is 0.216. The highest BCUT2D eigenvalue weighted by Crippen LogP contribution is 2.42. The van der Waals surface area contributed by atoms with E-state index in [0.29, 0.717) is 22.7 Å². The van der Waals surface area contributed by atoms with Crippen molar-refractivity contribution < 1.29 is 19.2 Å². The molecule has 7 nitrogen and oxygen atoms in total. The van der Waals surface area contributed by atoms with Gasteiger partial charge < -0.3 is 14.8 Å². The second kappa shape index (κ2) is 9.70. The van der Waals surface area contributed by atoms with E-state index in [0.717, 1.165) is 5.56 Å². The molecule has 2 aromatic rings. The number of benzene rings is 2. The van der Waals surface area contributed by atoms with E-state index in [-0.39, 0.29) is 17.9 Å². The predicted octanol–water partition coefficient (Wildman–Crippen LogP) is 4.55. The number of hydrogen-bond donors (Lipinski definition) is 2. The molecule has 0 radical (unpaired) electrons. The van der Waals surface area contributed by atoms with Crippen LogP contribution in [0.4, 0.5) is 0 Å². The summed E-state index contributed by atoms with van der Waals surface area (Å²) < 4.78 is 11.3. The minimum absolute atomic E-state index is 0.125. The van der Waals surface area contributed by atoms with Gasteiger partial charge in [-0.25, -0.2) is 4.79 Å². The molecule has 8 heteroatoms. The molecule has 0 bridgehead atoms. The van der Waals surface area contributed by atoms with Crippen molar-refractivity contribution in [1.29, 1.82) is 0 Å². The Bertz CT molecular complexity index is 1050. The molecule has 0 fully saturated rings. The van der Waals surface area contributed by atoms with Crippen LogP contribution < -0.4 is 10.1 Å². The van der Waals surface area contributed by atoms with Crippen molar-refractivity contribution in [2.75, 3.05) is 0 Å². The van der Waals surface area contributed by atoms with E-state index in [4.69, 9.17) is 9.47 Å². The van der Waals surface area contributed by atoms with E-state index >= 15 is 0 Å². The largest absolute Gasteiger partial charge is 0.489 e. The summed E-state index contributed by atoms with van der Waals surface area (Å²) in [4.78, 5) is 24.5. The number of thiol groups is 1. The molecule has 1 aliphatic heterocycles. The number of nitrogens with one attached hydrogen (secondary N) is 1. The van der Waals surface area contributed by atoms with E-state index < -0.39 is 22.2 Å². The lowest BCUT2D eigenvalue weighted by Gasteiger charge is -2.28. The Kier molecular flexibility index (Phi) is 7.02. The molecule has 0 spiro atoms. The van der Waals surface area contributed by atoms with Crippen LogP contribution in [0.25, 0.3) is 0 Å². The van der Waals surface area contributed by atoms with Gasteiger partial charge >= 0.3 is 5.97 Å². The topological polar surface area (TPSA) is 90.7 Å². The van der Waals surface area contributed by atoms with Crippen molar-refractivity contribution in [3.63, 3.8) is 0 Å². The lowest BCUT2D eigenvalue weighted by Crippen LogP contribution is -2.32. The first kappa shape index (κ1) is 22.4. The number of carbonyl (C=O) groups is 1. The van der Waals surface area contributed by atoms with Crippen LogP contribution >= 0.6 is 12.6 Å². The maximum atomic E-state index is 12.9. The molecule has 0 saturated carbocycles. The van der Waals surface area contributed by atoms with Gasteiger partial charge in [-0.1, -0.05) is 48.5 Å². The Morgan fingerprint density at radius 1 is 1.13 bits per heavy atom. The highest BCUT2D eigenvalue weighted by atomic mass is 32.1. The lowest BCUT2D eigenvalue weighted by molar-refractivity contribution is -0.431. The number of dihydropyridines is 1. The van der Waals surface area contributed by atoms with Crippen LogP contribution in [-0.4, -0.2) is 16.3 Å². The Morgan fingerprint density at radius 3 is 2.42 bits per heavy atom. The smallest absolute Gasteiger partial charge is 0.338 e. The van der Waals surface area contributed by atoms with Crippen molar-refractivity contribution in [3.8, 4) is 5.75 Å². The summed E-state index contributed by atoms with van der Waals surface area (Å²) in [5.74, 6) is -1.16. The van der Waals surface area contributed by atoms with Gasteiger partial charge in [-0.15, -0.1) is 12.6 Å². The fourth-order valence-corrected chi connectivity index (χ4v) is 3.70. The number of nitro groups is 1. The average molecular weight is 441 g/mol. The third-order valence-corrected chi connectivity index (χ3v) is 4.99. The standard InChI is InChI=1S/C23H24N2O5S/c1-14-20(23(26)30-16(3)31)21(22(25(27)28)15(2)24-14)18-11-7-8-12-19(18)29-13-17-9-5-4-6-10-17/h4-12,16,21,24,31H,13H2,1-3H3. The number of carbonyl (C=O) groups excluding carboxylic acids is 1.